The van der Waals surface area contributed by atoms with Crippen LogP contribution in [0.1, 0.15) is 51.9 Å². The molecule has 27 heavy (non-hydrogen) atoms. The van der Waals surface area contributed by atoms with E-state index in [1.54, 1.807) is 0 Å². The average Bonchev–Trinajstić information content (AvgIpc) is 3.18. The van der Waals surface area contributed by atoms with Crippen molar-refractivity contribution in [1.82, 2.24) is 15.1 Å². The summed E-state index contributed by atoms with van der Waals surface area (Å²) in [7, 11) is 0. The van der Waals surface area contributed by atoms with Crippen molar-refractivity contribution in [2.45, 2.75) is 64.0 Å². The molecule has 2 saturated heterocycles. The molecule has 0 aromatic carbocycles. The van der Waals surface area contributed by atoms with Crippen LogP contribution in [0.5, 0.6) is 0 Å². The van der Waals surface area contributed by atoms with Crippen LogP contribution in [-0.2, 0) is 9.47 Å². The summed E-state index contributed by atoms with van der Waals surface area (Å²) < 4.78 is 11.5. The topological polar surface area (TPSA) is 49.3 Å². The molecule has 1 unspecified atom stereocenters. The van der Waals surface area contributed by atoms with E-state index < -0.39 is 0 Å². The van der Waals surface area contributed by atoms with Crippen molar-refractivity contribution in [3.05, 3.63) is 0 Å². The second-order valence-electron chi connectivity index (χ2n) is 7.76. The molecule has 3 fully saturated rings. The number of halogens is 1. The Morgan fingerprint density at radius 1 is 1.11 bits per heavy atom. The Labute approximate surface area is 182 Å². The molecule has 0 bridgehead atoms. The lowest BCUT2D eigenvalue weighted by atomic mass is 9.98. The van der Waals surface area contributed by atoms with Gasteiger partial charge in [0.1, 0.15) is 0 Å². The summed E-state index contributed by atoms with van der Waals surface area (Å²) in [5, 5.41) is 3.48. The number of likely N-dealkylation sites (tertiary alicyclic amines) is 1. The first-order chi connectivity index (χ1) is 12.9. The Hall–Kier alpha value is -0.120. The molecule has 2 aliphatic heterocycles. The lowest BCUT2D eigenvalue weighted by Crippen LogP contribution is -2.46. The van der Waals surface area contributed by atoms with Gasteiger partial charge >= 0.3 is 0 Å². The van der Waals surface area contributed by atoms with Crippen molar-refractivity contribution in [1.29, 1.82) is 0 Å². The maximum Gasteiger partial charge on any atom is 0.193 e. The largest absolute Gasteiger partial charge is 0.379 e. The van der Waals surface area contributed by atoms with Gasteiger partial charge in [0.15, 0.2) is 5.96 Å². The molecule has 1 N–H and O–H groups in total. The Morgan fingerprint density at radius 2 is 1.89 bits per heavy atom. The number of ether oxygens (including phenoxy) is 2. The number of nitrogens with one attached hydrogen (secondary N) is 1. The van der Waals surface area contributed by atoms with Crippen molar-refractivity contribution >= 4 is 29.9 Å². The van der Waals surface area contributed by atoms with Crippen molar-refractivity contribution in [3.63, 3.8) is 0 Å². The predicted octanol–water partition coefficient (Wildman–Crippen LogP) is 2.72. The molecule has 3 aliphatic rings. The number of hydrogen-bond donors (Lipinski definition) is 1. The van der Waals surface area contributed by atoms with E-state index in [4.69, 9.17) is 14.5 Å². The number of rotatable bonds is 7. The molecule has 158 valence electrons. The third-order valence-electron chi connectivity index (χ3n) is 5.83. The van der Waals surface area contributed by atoms with Crippen molar-refractivity contribution in [3.8, 4) is 0 Å². The molecule has 0 aromatic heterocycles. The van der Waals surface area contributed by atoms with Gasteiger partial charge in [-0.15, -0.1) is 24.0 Å². The highest BCUT2D eigenvalue weighted by Gasteiger charge is 2.30. The van der Waals surface area contributed by atoms with Crippen molar-refractivity contribution in [2.75, 3.05) is 59.1 Å². The van der Waals surface area contributed by atoms with E-state index in [1.165, 1.54) is 38.5 Å². The van der Waals surface area contributed by atoms with Crippen LogP contribution in [0.15, 0.2) is 4.99 Å². The van der Waals surface area contributed by atoms with E-state index in [2.05, 4.69) is 22.0 Å². The minimum absolute atomic E-state index is 0. The van der Waals surface area contributed by atoms with Crippen LogP contribution in [0.3, 0.4) is 0 Å². The third-order valence-corrected chi connectivity index (χ3v) is 5.83. The highest BCUT2D eigenvalue weighted by molar-refractivity contribution is 14.0. The van der Waals surface area contributed by atoms with Crippen LogP contribution in [0, 0.1) is 0 Å². The maximum atomic E-state index is 6.02. The van der Waals surface area contributed by atoms with Gasteiger partial charge in [0.25, 0.3) is 0 Å². The van der Waals surface area contributed by atoms with E-state index in [9.17, 15) is 0 Å². The van der Waals surface area contributed by atoms with Crippen LogP contribution >= 0.6 is 24.0 Å². The van der Waals surface area contributed by atoms with Gasteiger partial charge in [-0.2, -0.15) is 0 Å². The van der Waals surface area contributed by atoms with Crippen molar-refractivity contribution < 1.29 is 9.47 Å². The van der Waals surface area contributed by atoms with Crippen molar-refractivity contribution in [2.24, 2.45) is 4.99 Å². The van der Waals surface area contributed by atoms with Crippen LogP contribution < -0.4 is 5.32 Å². The molecular formula is C20H39IN4O2. The van der Waals surface area contributed by atoms with Crippen LogP contribution in [0.25, 0.3) is 0 Å². The van der Waals surface area contributed by atoms with Gasteiger partial charge in [0.05, 0.1) is 19.3 Å². The minimum Gasteiger partial charge on any atom is -0.379 e. The number of guanidine groups is 1. The standard InChI is InChI=1S/C20H38N4O2.HI/c1-2-21-20(22-10-6-14-26-19-7-4-3-5-8-19)24-11-9-18(17-24)23-12-15-25-16-13-23;/h18-19H,2-17H2,1H3,(H,21,22);1H. The van der Waals surface area contributed by atoms with E-state index >= 15 is 0 Å². The van der Waals surface area contributed by atoms with Gasteiger partial charge in [-0.1, -0.05) is 19.3 Å². The first-order valence-corrected chi connectivity index (χ1v) is 10.8. The van der Waals surface area contributed by atoms with E-state index in [-0.39, 0.29) is 24.0 Å². The molecule has 3 rings (SSSR count). The number of aliphatic imine (C=N–C) groups is 1. The summed E-state index contributed by atoms with van der Waals surface area (Å²) in [5.41, 5.74) is 0. The zero-order valence-corrected chi connectivity index (χ0v) is 19.4. The highest BCUT2D eigenvalue weighted by atomic mass is 127. The SMILES string of the molecule is CCNC(=NCCCOC1CCCCC1)N1CCC(N2CCOCC2)C1.I. The lowest BCUT2D eigenvalue weighted by molar-refractivity contribution is 0.0194. The quantitative estimate of drug-likeness (QED) is 0.255. The zero-order chi connectivity index (χ0) is 18.0. The monoisotopic (exact) mass is 494 g/mol. The number of morpholine rings is 1. The molecule has 0 amide bonds. The molecule has 1 aliphatic carbocycles. The molecule has 6 nitrogen and oxygen atoms in total. The molecular weight excluding hydrogens is 455 g/mol. The van der Waals surface area contributed by atoms with Gasteiger partial charge in [0.2, 0.25) is 0 Å². The van der Waals surface area contributed by atoms with Gasteiger partial charge in [-0.05, 0) is 32.6 Å². The van der Waals surface area contributed by atoms with Crippen LogP contribution in [-0.4, -0.2) is 87.0 Å². The lowest BCUT2D eigenvalue weighted by Gasteiger charge is -2.32. The van der Waals surface area contributed by atoms with Gasteiger partial charge < -0.3 is 19.7 Å². The molecule has 0 radical (unpaired) electrons. The van der Waals surface area contributed by atoms with Crippen LogP contribution in [0.4, 0.5) is 0 Å². The smallest absolute Gasteiger partial charge is 0.193 e. The Morgan fingerprint density at radius 3 is 2.63 bits per heavy atom. The summed E-state index contributed by atoms with van der Waals surface area (Å²) in [4.78, 5) is 9.89. The minimum atomic E-state index is 0. The van der Waals surface area contributed by atoms with E-state index in [0.717, 1.165) is 71.5 Å². The highest BCUT2D eigenvalue weighted by Crippen LogP contribution is 2.20. The summed E-state index contributed by atoms with van der Waals surface area (Å²) >= 11 is 0. The van der Waals surface area contributed by atoms with Gasteiger partial charge in [-0.3, -0.25) is 9.89 Å². The second kappa shape index (κ2) is 13.2. The average molecular weight is 494 g/mol. The Balaban J connectivity index is 0.00000261. The first-order valence-electron chi connectivity index (χ1n) is 10.8. The molecule has 1 saturated carbocycles. The first kappa shape index (κ1) is 23.2. The molecule has 2 heterocycles. The normalized spacial score (nSPS) is 25.4. The molecule has 0 aromatic rings. The Kier molecular flexibility index (Phi) is 11.3. The van der Waals surface area contributed by atoms with Gasteiger partial charge in [0, 0.05) is 51.9 Å². The van der Waals surface area contributed by atoms with E-state index in [1.807, 2.05) is 0 Å². The number of nitrogens with zero attached hydrogens (tertiary/aromatic N) is 3. The fourth-order valence-corrected chi connectivity index (χ4v) is 4.33. The maximum absolute atomic E-state index is 6.02. The fourth-order valence-electron chi connectivity index (χ4n) is 4.33. The molecule has 1 atom stereocenters. The fraction of sp³-hybridized carbons (Fsp3) is 0.950. The summed E-state index contributed by atoms with van der Waals surface area (Å²) in [6.45, 7) is 10.9. The second-order valence-corrected chi connectivity index (χ2v) is 7.76. The Bertz CT molecular complexity index is 426. The zero-order valence-electron chi connectivity index (χ0n) is 17.0. The summed E-state index contributed by atoms with van der Waals surface area (Å²) in [6, 6.07) is 0.650. The molecule has 7 heteroatoms. The summed E-state index contributed by atoms with van der Waals surface area (Å²) in [5.74, 6) is 1.08. The van der Waals surface area contributed by atoms with E-state index in [0.29, 0.717) is 12.1 Å². The number of hydrogen-bond acceptors (Lipinski definition) is 4. The third kappa shape index (κ3) is 7.66. The van der Waals surface area contributed by atoms with Gasteiger partial charge in [-0.25, -0.2) is 0 Å². The van der Waals surface area contributed by atoms with Crippen LogP contribution in [0.2, 0.25) is 0 Å². The predicted molar refractivity (Wildman–Crippen MR) is 121 cm³/mol. The summed E-state index contributed by atoms with van der Waals surface area (Å²) in [6.07, 6.45) is 9.33. The molecule has 0 spiro atoms.